The van der Waals surface area contributed by atoms with Crippen molar-refractivity contribution in [1.82, 2.24) is 0 Å². The van der Waals surface area contributed by atoms with Gasteiger partial charge in [0.2, 0.25) is 5.78 Å². The minimum atomic E-state index is -4.79. The van der Waals surface area contributed by atoms with Gasteiger partial charge in [0.05, 0.1) is 23.4 Å². The number of hydrogen-bond donors (Lipinski definition) is 0. The van der Waals surface area contributed by atoms with Gasteiger partial charge in [0.25, 0.3) is 5.69 Å². The van der Waals surface area contributed by atoms with Crippen LogP contribution in [0.15, 0.2) is 30.0 Å². The summed E-state index contributed by atoms with van der Waals surface area (Å²) in [5.74, 6) is -1.90. The molecule has 0 amide bonds. The predicted molar refractivity (Wildman–Crippen MR) is 84.5 cm³/mol. The largest absolute Gasteiger partial charge is 0.501 e. The molecule has 1 aliphatic carbocycles. The molecule has 1 aromatic carbocycles. The Kier molecular flexibility index (Phi) is 5.79. The van der Waals surface area contributed by atoms with Crippen LogP contribution >= 0.6 is 0 Å². The number of rotatable bonds is 7. The van der Waals surface area contributed by atoms with E-state index in [-0.39, 0.29) is 18.1 Å². The lowest BCUT2D eigenvalue weighted by Gasteiger charge is -2.24. The fourth-order valence-corrected chi connectivity index (χ4v) is 2.48. The first kappa shape index (κ1) is 19.6. The molecule has 1 fully saturated rings. The maximum Gasteiger partial charge on any atom is 0.416 e. The number of ether oxygens (including phenoxy) is 1. The summed E-state index contributed by atoms with van der Waals surface area (Å²) in [5, 5.41) is 11.2. The summed E-state index contributed by atoms with van der Waals surface area (Å²) in [6.07, 6.45) is -1.86. The Balaban J connectivity index is 2.47. The van der Waals surface area contributed by atoms with Gasteiger partial charge in [0, 0.05) is 12.0 Å². The van der Waals surface area contributed by atoms with E-state index in [9.17, 15) is 32.9 Å². The third-order valence-electron chi connectivity index (χ3n) is 4.12. The molecule has 9 heteroatoms. The monoisotopic (exact) mass is 371 g/mol. The minimum absolute atomic E-state index is 0.157. The Hall–Kier alpha value is -2.71. The summed E-state index contributed by atoms with van der Waals surface area (Å²) in [6.45, 7) is 1.77. The minimum Gasteiger partial charge on any atom is -0.501 e. The zero-order valence-corrected chi connectivity index (χ0v) is 13.8. The van der Waals surface area contributed by atoms with E-state index in [1.165, 1.54) is 0 Å². The predicted octanol–water partition coefficient (Wildman–Crippen LogP) is 4.09. The van der Waals surface area contributed by atoms with Crippen LogP contribution in [0.5, 0.6) is 0 Å². The lowest BCUT2D eigenvalue weighted by molar-refractivity contribution is -0.385. The second-order valence-electron chi connectivity index (χ2n) is 5.79. The zero-order chi connectivity index (χ0) is 19.5. The number of allylic oxidation sites excluding steroid dienone is 1. The van der Waals surface area contributed by atoms with E-state index < -0.39 is 39.5 Å². The smallest absolute Gasteiger partial charge is 0.416 e. The summed E-state index contributed by atoms with van der Waals surface area (Å²) >= 11 is 0. The molecule has 0 heterocycles. The first-order chi connectivity index (χ1) is 12.2. The van der Waals surface area contributed by atoms with E-state index in [1.54, 1.807) is 6.92 Å². The van der Waals surface area contributed by atoms with E-state index in [4.69, 9.17) is 4.74 Å². The van der Waals surface area contributed by atoms with Crippen LogP contribution in [0.2, 0.25) is 0 Å². The molecule has 26 heavy (non-hydrogen) atoms. The average molecular weight is 371 g/mol. The van der Waals surface area contributed by atoms with E-state index >= 15 is 0 Å². The number of nitrogens with zero attached hydrogens (tertiary/aromatic N) is 1. The molecule has 0 saturated heterocycles. The Labute approximate surface area is 146 Å². The molecule has 0 radical (unpaired) electrons. The van der Waals surface area contributed by atoms with Crippen molar-refractivity contribution < 1.29 is 32.4 Å². The van der Waals surface area contributed by atoms with Crippen molar-refractivity contribution in [2.45, 2.75) is 32.4 Å². The third kappa shape index (κ3) is 4.09. The van der Waals surface area contributed by atoms with Gasteiger partial charge in [0.15, 0.2) is 5.78 Å². The molecule has 140 valence electrons. The van der Waals surface area contributed by atoms with E-state index in [0.29, 0.717) is 25.0 Å². The number of Topliss-reactive ketones (excluding diaryl/α,β-unsaturated/α-hetero) is 2. The van der Waals surface area contributed by atoms with Gasteiger partial charge < -0.3 is 4.74 Å². The molecular formula is C17H16F3NO5. The summed E-state index contributed by atoms with van der Waals surface area (Å²) in [6, 6.07) is 1.59. The third-order valence-corrected chi connectivity index (χ3v) is 4.12. The van der Waals surface area contributed by atoms with Crippen molar-refractivity contribution in [3.8, 4) is 0 Å². The average Bonchev–Trinajstić information content (AvgIpc) is 2.51. The number of carbonyl (C=O) groups excluding carboxylic acids is 2. The van der Waals surface area contributed by atoms with Crippen molar-refractivity contribution in [3.63, 3.8) is 0 Å². The van der Waals surface area contributed by atoms with Crippen molar-refractivity contribution in [2.24, 2.45) is 5.92 Å². The van der Waals surface area contributed by atoms with Crippen molar-refractivity contribution in [3.05, 3.63) is 51.3 Å². The molecule has 0 unspecified atom stereocenters. The van der Waals surface area contributed by atoms with Crippen molar-refractivity contribution in [1.29, 1.82) is 0 Å². The van der Waals surface area contributed by atoms with Crippen LogP contribution in [-0.4, -0.2) is 23.1 Å². The molecular weight excluding hydrogens is 355 g/mol. The highest BCUT2D eigenvalue weighted by molar-refractivity contribution is 6.27. The Morgan fingerprint density at radius 3 is 2.46 bits per heavy atom. The van der Waals surface area contributed by atoms with Gasteiger partial charge in [0.1, 0.15) is 11.1 Å². The first-order valence-electron chi connectivity index (χ1n) is 7.93. The standard InChI is InChI=1S/C17H16F3NO5/c1-2-26-9-13(15(22)10-4-3-5-10)16(23)12-7-6-11(17(18,19)20)8-14(12)21(24)25/h6-10H,2-5H2,1H3/b13-9-. The molecule has 0 bridgehead atoms. The highest BCUT2D eigenvalue weighted by atomic mass is 19.4. The fraction of sp³-hybridized carbons (Fsp3) is 0.412. The van der Waals surface area contributed by atoms with Crippen LogP contribution in [0, 0.1) is 16.0 Å². The number of ketones is 2. The maximum atomic E-state index is 12.8. The molecule has 0 aromatic heterocycles. The first-order valence-corrected chi connectivity index (χ1v) is 7.93. The molecule has 2 rings (SSSR count). The number of benzene rings is 1. The van der Waals surface area contributed by atoms with Gasteiger partial charge in [-0.05, 0) is 31.9 Å². The fourth-order valence-electron chi connectivity index (χ4n) is 2.48. The number of nitro groups is 1. The highest BCUT2D eigenvalue weighted by Gasteiger charge is 2.37. The molecule has 0 spiro atoms. The van der Waals surface area contributed by atoms with Crippen LogP contribution in [0.25, 0.3) is 0 Å². The number of alkyl halides is 3. The molecule has 1 aromatic rings. The second kappa shape index (κ2) is 7.67. The normalized spacial score (nSPS) is 15.3. The van der Waals surface area contributed by atoms with Gasteiger partial charge >= 0.3 is 6.18 Å². The van der Waals surface area contributed by atoms with Gasteiger partial charge in [-0.1, -0.05) is 6.42 Å². The second-order valence-corrected chi connectivity index (χ2v) is 5.79. The number of nitro benzene ring substituents is 1. The van der Waals surface area contributed by atoms with Gasteiger partial charge in [-0.3, -0.25) is 19.7 Å². The Morgan fingerprint density at radius 1 is 1.35 bits per heavy atom. The highest BCUT2D eigenvalue weighted by Crippen LogP contribution is 2.35. The Bertz CT molecular complexity index is 766. The number of hydrogen-bond acceptors (Lipinski definition) is 5. The van der Waals surface area contributed by atoms with Crippen molar-refractivity contribution in [2.75, 3.05) is 6.61 Å². The van der Waals surface area contributed by atoms with Crippen LogP contribution in [0.4, 0.5) is 18.9 Å². The zero-order valence-electron chi connectivity index (χ0n) is 13.8. The van der Waals surface area contributed by atoms with E-state index in [1.807, 2.05) is 0 Å². The lowest BCUT2D eigenvalue weighted by atomic mass is 9.78. The molecule has 0 aliphatic heterocycles. The summed E-state index contributed by atoms with van der Waals surface area (Å²) in [7, 11) is 0. The topological polar surface area (TPSA) is 86.5 Å². The number of carbonyl (C=O) groups is 2. The van der Waals surface area contributed by atoms with Crippen LogP contribution < -0.4 is 0 Å². The number of halogens is 3. The molecule has 1 saturated carbocycles. The summed E-state index contributed by atoms with van der Waals surface area (Å²) < 4.78 is 43.4. The SMILES string of the molecule is CCO/C=C(\C(=O)c1ccc(C(F)(F)F)cc1[N+](=O)[O-])C(=O)C1CCC1. The van der Waals surface area contributed by atoms with E-state index in [2.05, 4.69) is 0 Å². The van der Waals surface area contributed by atoms with Crippen LogP contribution in [0.1, 0.15) is 42.1 Å². The van der Waals surface area contributed by atoms with Crippen LogP contribution in [0.3, 0.4) is 0 Å². The van der Waals surface area contributed by atoms with Gasteiger partial charge in [-0.15, -0.1) is 0 Å². The maximum absolute atomic E-state index is 12.8. The van der Waals surface area contributed by atoms with Crippen LogP contribution in [-0.2, 0) is 15.7 Å². The van der Waals surface area contributed by atoms with E-state index in [0.717, 1.165) is 18.7 Å². The van der Waals surface area contributed by atoms with Crippen molar-refractivity contribution >= 4 is 17.3 Å². The van der Waals surface area contributed by atoms with Gasteiger partial charge in [-0.2, -0.15) is 13.2 Å². The molecule has 0 atom stereocenters. The molecule has 0 N–H and O–H groups in total. The Morgan fingerprint density at radius 2 is 2.00 bits per heavy atom. The summed E-state index contributed by atoms with van der Waals surface area (Å²) in [4.78, 5) is 35.2. The molecule has 1 aliphatic rings. The quantitative estimate of drug-likeness (QED) is 0.137. The summed E-state index contributed by atoms with van der Waals surface area (Å²) in [5.41, 5.74) is -3.23. The lowest BCUT2D eigenvalue weighted by Crippen LogP contribution is -2.27. The molecule has 6 nitrogen and oxygen atoms in total. The van der Waals surface area contributed by atoms with Gasteiger partial charge in [-0.25, -0.2) is 0 Å².